The highest BCUT2D eigenvalue weighted by molar-refractivity contribution is 5.76. The number of rotatable bonds is 6. The highest BCUT2D eigenvalue weighted by Crippen LogP contribution is 2.31. The van der Waals surface area contributed by atoms with Crippen LogP contribution in [-0.2, 0) is 11.2 Å². The van der Waals surface area contributed by atoms with Crippen LogP contribution < -0.4 is 14.2 Å². The number of carbonyl (C=O) groups excluding carboxylic acids is 1. The summed E-state index contributed by atoms with van der Waals surface area (Å²) >= 11 is 0. The van der Waals surface area contributed by atoms with E-state index in [0.29, 0.717) is 11.3 Å². The fraction of sp³-hybridized carbons (Fsp3) is 0.188. The van der Waals surface area contributed by atoms with Gasteiger partial charge in [-0.05, 0) is 23.8 Å². The summed E-state index contributed by atoms with van der Waals surface area (Å²) in [5.41, 5.74) is 0.522. The molecule has 2 rings (SSSR count). The SMILES string of the molecule is COc1cccc(CC(=O)Oc2cc([N+](=O)[O-])ccc2OC)c1. The maximum Gasteiger partial charge on any atom is 0.315 e. The van der Waals surface area contributed by atoms with Crippen LogP contribution in [-0.4, -0.2) is 25.1 Å². The van der Waals surface area contributed by atoms with Crippen molar-refractivity contribution >= 4 is 11.7 Å². The Hall–Kier alpha value is -3.09. The summed E-state index contributed by atoms with van der Waals surface area (Å²) in [5.74, 6) is 0.324. The molecule has 0 radical (unpaired) electrons. The van der Waals surface area contributed by atoms with Crippen LogP contribution in [0.25, 0.3) is 0 Å². The lowest BCUT2D eigenvalue weighted by molar-refractivity contribution is -0.384. The van der Waals surface area contributed by atoms with E-state index in [4.69, 9.17) is 14.2 Å². The molecule has 0 aliphatic heterocycles. The lowest BCUT2D eigenvalue weighted by Gasteiger charge is -2.09. The van der Waals surface area contributed by atoms with Gasteiger partial charge in [-0.15, -0.1) is 0 Å². The minimum absolute atomic E-state index is 0.00302. The maximum absolute atomic E-state index is 12.0. The van der Waals surface area contributed by atoms with E-state index in [1.165, 1.54) is 26.4 Å². The van der Waals surface area contributed by atoms with Gasteiger partial charge in [0.05, 0.1) is 31.6 Å². The number of nitrogens with zero attached hydrogens (tertiary/aromatic N) is 1. The highest BCUT2D eigenvalue weighted by Gasteiger charge is 2.16. The zero-order chi connectivity index (χ0) is 16.8. The van der Waals surface area contributed by atoms with Gasteiger partial charge in [-0.3, -0.25) is 14.9 Å². The number of ether oxygens (including phenoxy) is 3. The van der Waals surface area contributed by atoms with Gasteiger partial charge >= 0.3 is 5.97 Å². The zero-order valence-electron chi connectivity index (χ0n) is 12.6. The first-order chi connectivity index (χ1) is 11.0. The fourth-order valence-corrected chi connectivity index (χ4v) is 1.97. The molecule has 0 amide bonds. The molecule has 0 aromatic heterocycles. The first kappa shape index (κ1) is 16.3. The van der Waals surface area contributed by atoms with E-state index in [1.807, 2.05) is 0 Å². The van der Waals surface area contributed by atoms with E-state index in [2.05, 4.69) is 0 Å². The van der Waals surface area contributed by atoms with Crippen LogP contribution in [0.5, 0.6) is 17.2 Å². The maximum atomic E-state index is 12.0. The normalized spacial score (nSPS) is 10.0. The smallest absolute Gasteiger partial charge is 0.315 e. The standard InChI is InChI=1S/C16H15NO6/c1-21-13-5-3-4-11(8-13)9-16(18)23-15-10-12(17(19)20)6-7-14(15)22-2/h3-8,10H,9H2,1-2H3. The molecule has 0 saturated carbocycles. The molecule has 0 unspecified atom stereocenters. The number of nitro benzene ring substituents is 1. The Kier molecular flexibility index (Phi) is 5.14. The van der Waals surface area contributed by atoms with Crippen molar-refractivity contribution in [2.24, 2.45) is 0 Å². The second-order valence-corrected chi connectivity index (χ2v) is 4.59. The molecule has 0 aliphatic carbocycles. The molecule has 0 aliphatic rings. The monoisotopic (exact) mass is 317 g/mol. The van der Waals surface area contributed by atoms with Crippen molar-refractivity contribution in [2.45, 2.75) is 6.42 Å². The molecule has 0 N–H and O–H groups in total. The van der Waals surface area contributed by atoms with Gasteiger partial charge in [0.2, 0.25) is 0 Å². The molecule has 0 spiro atoms. The van der Waals surface area contributed by atoms with Crippen LogP contribution >= 0.6 is 0 Å². The minimum Gasteiger partial charge on any atom is -0.497 e. The lowest BCUT2D eigenvalue weighted by Crippen LogP contribution is -2.12. The van der Waals surface area contributed by atoms with Crippen molar-refractivity contribution in [3.63, 3.8) is 0 Å². The summed E-state index contributed by atoms with van der Waals surface area (Å²) in [4.78, 5) is 22.3. The van der Waals surface area contributed by atoms with Gasteiger partial charge < -0.3 is 14.2 Å². The van der Waals surface area contributed by atoms with Gasteiger partial charge in [0.25, 0.3) is 5.69 Å². The van der Waals surface area contributed by atoms with Crippen LogP contribution in [0, 0.1) is 10.1 Å². The third kappa shape index (κ3) is 4.19. The van der Waals surface area contributed by atoms with Gasteiger partial charge in [-0.1, -0.05) is 12.1 Å². The molecule has 120 valence electrons. The molecular formula is C16H15NO6. The number of methoxy groups -OCH3 is 2. The van der Waals surface area contributed by atoms with Crippen LogP contribution in [0.2, 0.25) is 0 Å². The summed E-state index contributed by atoms with van der Waals surface area (Å²) in [5, 5.41) is 10.8. The van der Waals surface area contributed by atoms with Crippen LogP contribution in [0.15, 0.2) is 42.5 Å². The number of hydrogen-bond acceptors (Lipinski definition) is 6. The first-order valence-electron chi connectivity index (χ1n) is 6.69. The summed E-state index contributed by atoms with van der Waals surface area (Å²) in [6.07, 6.45) is 0.00302. The van der Waals surface area contributed by atoms with Crippen molar-refractivity contribution < 1.29 is 23.9 Å². The number of non-ortho nitro benzene ring substituents is 1. The van der Waals surface area contributed by atoms with Gasteiger partial charge in [-0.2, -0.15) is 0 Å². The van der Waals surface area contributed by atoms with Crippen molar-refractivity contribution in [1.82, 2.24) is 0 Å². The molecule has 0 fully saturated rings. The first-order valence-corrected chi connectivity index (χ1v) is 6.69. The Morgan fingerprint density at radius 1 is 1.09 bits per heavy atom. The third-order valence-electron chi connectivity index (χ3n) is 3.06. The fourth-order valence-electron chi connectivity index (χ4n) is 1.97. The van der Waals surface area contributed by atoms with Crippen molar-refractivity contribution in [3.8, 4) is 17.2 Å². The summed E-state index contributed by atoms with van der Waals surface area (Å²) in [7, 11) is 2.92. The van der Waals surface area contributed by atoms with E-state index in [9.17, 15) is 14.9 Å². The molecule has 23 heavy (non-hydrogen) atoms. The summed E-state index contributed by atoms with van der Waals surface area (Å²) in [6.45, 7) is 0. The van der Waals surface area contributed by atoms with E-state index in [0.717, 1.165) is 6.07 Å². The summed E-state index contributed by atoms with van der Waals surface area (Å²) in [6, 6.07) is 10.8. The molecular weight excluding hydrogens is 302 g/mol. The third-order valence-corrected chi connectivity index (χ3v) is 3.06. The molecule has 7 heteroatoms. The predicted octanol–water partition coefficient (Wildman–Crippen LogP) is 2.76. The summed E-state index contributed by atoms with van der Waals surface area (Å²) < 4.78 is 15.3. The molecule has 7 nitrogen and oxygen atoms in total. The second kappa shape index (κ2) is 7.26. The average molecular weight is 317 g/mol. The minimum atomic E-state index is -0.571. The number of carbonyl (C=O) groups is 1. The van der Waals surface area contributed by atoms with Gasteiger partial charge in [0.15, 0.2) is 11.5 Å². The van der Waals surface area contributed by atoms with E-state index in [1.54, 1.807) is 24.3 Å². The van der Waals surface area contributed by atoms with Crippen LogP contribution in [0.1, 0.15) is 5.56 Å². The largest absolute Gasteiger partial charge is 0.497 e. The van der Waals surface area contributed by atoms with Gasteiger partial charge in [-0.25, -0.2) is 0 Å². The van der Waals surface area contributed by atoms with Crippen LogP contribution in [0.3, 0.4) is 0 Å². The molecule has 0 atom stereocenters. The molecule has 2 aromatic carbocycles. The van der Waals surface area contributed by atoms with Gasteiger partial charge in [0, 0.05) is 6.07 Å². The highest BCUT2D eigenvalue weighted by atomic mass is 16.6. The molecule has 0 heterocycles. The van der Waals surface area contributed by atoms with Gasteiger partial charge in [0.1, 0.15) is 5.75 Å². The number of hydrogen-bond donors (Lipinski definition) is 0. The number of esters is 1. The Labute approximate surface area is 132 Å². The molecule has 0 saturated heterocycles. The Balaban J connectivity index is 2.15. The second-order valence-electron chi connectivity index (χ2n) is 4.59. The number of nitro groups is 1. The van der Waals surface area contributed by atoms with Crippen LogP contribution in [0.4, 0.5) is 5.69 Å². The lowest BCUT2D eigenvalue weighted by atomic mass is 10.1. The van der Waals surface area contributed by atoms with E-state index < -0.39 is 10.9 Å². The van der Waals surface area contributed by atoms with E-state index >= 15 is 0 Å². The van der Waals surface area contributed by atoms with Crippen molar-refractivity contribution in [1.29, 1.82) is 0 Å². The zero-order valence-corrected chi connectivity index (χ0v) is 12.6. The van der Waals surface area contributed by atoms with Crippen molar-refractivity contribution in [2.75, 3.05) is 14.2 Å². The Bertz CT molecular complexity index is 728. The molecule has 2 aromatic rings. The Morgan fingerprint density at radius 2 is 1.87 bits per heavy atom. The predicted molar refractivity (Wildman–Crippen MR) is 82.0 cm³/mol. The average Bonchev–Trinajstić information content (AvgIpc) is 2.54. The van der Waals surface area contributed by atoms with E-state index in [-0.39, 0.29) is 23.6 Å². The quantitative estimate of drug-likeness (QED) is 0.352. The topological polar surface area (TPSA) is 87.9 Å². The molecule has 0 bridgehead atoms. The van der Waals surface area contributed by atoms with Crippen molar-refractivity contribution in [3.05, 3.63) is 58.1 Å². The Morgan fingerprint density at radius 3 is 2.52 bits per heavy atom. The number of benzene rings is 2.